The Morgan fingerprint density at radius 1 is 1.03 bits per heavy atom. The molecule has 0 fully saturated rings. The molecule has 0 aliphatic carbocycles. The van der Waals surface area contributed by atoms with E-state index < -0.39 is 0 Å². The van der Waals surface area contributed by atoms with Gasteiger partial charge >= 0.3 is 0 Å². The molecule has 0 radical (unpaired) electrons. The van der Waals surface area contributed by atoms with Crippen LogP contribution in [0, 0.1) is 6.92 Å². The fourth-order valence-electron chi connectivity index (χ4n) is 3.69. The van der Waals surface area contributed by atoms with Gasteiger partial charge in [0, 0.05) is 23.7 Å². The Labute approximate surface area is 183 Å². The van der Waals surface area contributed by atoms with Crippen molar-refractivity contribution in [2.45, 2.75) is 39.8 Å². The summed E-state index contributed by atoms with van der Waals surface area (Å²) in [6, 6.07) is 12.4. The second-order valence-electron chi connectivity index (χ2n) is 7.95. The van der Waals surface area contributed by atoms with Crippen LogP contribution in [0.2, 0.25) is 0 Å². The lowest BCUT2D eigenvalue weighted by Gasteiger charge is -2.19. The molecule has 6 heteroatoms. The summed E-state index contributed by atoms with van der Waals surface area (Å²) in [6.45, 7) is 8.77. The highest BCUT2D eigenvalue weighted by atomic mass is 16.5. The molecule has 1 aliphatic heterocycles. The van der Waals surface area contributed by atoms with Gasteiger partial charge in [-0.3, -0.25) is 4.99 Å². The van der Waals surface area contributed by atoms with Crippen LogP contribution < -0.4 is 14.8 Å². The third kappa shape index (κ3) is 4.53. The first kappa shape index (κ1) is 20.8. The molecule has 0 saturated heterocycles. The van der Waals surface area contributed by atoms with Crippen LogP contribution >= 0.6 is 0 Å². The van der Waals surface area contributed by atoms with Crippen LogP contribution in [0.5, 0.6) is 11.5 Å². The summed E-state index contributed by atoms with van der Waals surface area (Å²) in [5.74, 6) is 2.82. The smallest absolute Gasteiger partial charge is 0.162 e. The Hall–Kier alpha value is -3.41. The van der Waals surface area contributed by atoms with Gasteiger partial charge in [0.25, 0.3) is 0 Å². The lowest BCUT2D eigenvalue weighted by molar-refractivity contribution is 0.230. The van der Waals surface area contributed by atoms with E-state index in [0.29, 0.717) is 17.3 Å². The third-order valence-corrected chi connectivity index (χ3v) is 5.18. The molecule has 3 aromatic rings. The van der Waals surface area contributed by atoms with E-state index in [9.17, 15) is 0 Å². The number of anilines is 1. The first-order chi connectivity index (χ1) is 14.9. The van der Waals surface area contributed by atoms with Crippen molar-refractivity contribution < 1.29 is 9.47 Å². The fourth-order valence-corrected chi connectivity index (χ4v) is 3.69. The summed E-state index contributed by atoms with van der Waals surface area (Å²) in [5, 5.41) is 4.48. The van der Waals surface area contributed by atoms with Gasteiger partial charge in [0.2, 0.25) is 0 Å². The second-order valence-corrected chi connectivity index (χ2v) is 7.95. The Balaban J connectivity index is 1.70. The summed E-state index contributed by atoms with van der Waals surface area (Å²) < 4.78 is 11.5. The predicted molar refractivity (Wildman–Crippen MR) is 126 cm³/mol. The molecule has 6 nitrogen and oxygen atoms in total. The van der Waals surface area contributed by atoms with E-state index in [4.69, 9.17) is 14.5 Å². The summed E-state index contributed by atoms with van der Waals surface area (Å²) in [7, 11) is 1.64. The van der Waals surface area contributed by atoms with E-state index in [1.807, 2.05) is 39.1 Å². The maximum Gasteiger partial charge on any atom is 0.162 e. The van der Waals surface area contributed by atoms with E-state index in [1.54, 1.807) is 7.11 Å². The summed E-state index contributed by atoms with van der Waals surface area (Å²) >= 11 is 0. The lowest BCUT2D eigenvalue weighted by Crippen LogP contribution is -2.11. The monoisotopic (exact) mass is 416 g/mol. The zero-order chi connectivity index (χ0) is 22.0. The first-order valence-corrected chi connectivity index (χ1v) is 10.5. The predicted octanol–water partition coefficient (Wildman–Crippen LogP) is 5.37. The zero-order valence-electron chi connectivity index (χ0n) is 18.6. The van der Waals surface area contributed by atoms with Crippen molar-refractivity contribution in [2.75, 3.05) is 19.0 Å². The minimum atomic E-state index is 0.0317. The number of rotatable bonds is 7. The van der Waals surface area contributed by atoms with Crippen LogP contribution in [0.25, 0.3) is 16.5 Å². The van der Waals surface area contributed by atoms with Crippen molar-refractivity contribution in [1.82, 2.24) is 9.97 Å². The number of aliphatic imine (C=N–C) groups is 1. The number of hydrogen-bond acceptors (Lipinski definition) is 6. The Kier molecular flexibility index (Phi) is 5.89. The van der Waals surface area contributed by atoms with Crippen molar-refractivity contribution in [3.8, 4) is 11.5 Å². The zero-order valence-corrected chi connectivity index (χ0v) is 18.6. The van der Waals surface area contributed by atoms with E-state index in [0.717, 1.165) is 23.3 Å². The minimum Gasteiger partial charge on any atom is -0.493 e. The number of hydrogen-bond donors (Lipinski definition) is 1. The van der Waals surface area contributed by atoms with Gasteiger partial charge in [0.15, 0.2) is 11.5 Å². The highest BCUT2D eigenvalue weighted by Crippen LogP contribution is 2.36. The van der Waals surface area contributed by atoms with Gasteiger partial charge in [-0.15, -0.1) is 0 Å². The number of aromatic nitrogens is 2. The van der Waals surface area contributed by atoms with Gasteiger partial charge < -0.3 is 14.8 Å². The average Bonchev–Trinajstić information content (AvgIpc) is 3.28. The van der Waals surface area contributed by atoms with Gasteiger partial charge in [-0.1, -0.05) is 24.3 Å². The molecule has 160 valence electrons. The molecule has 1 N–H and O–H groups in total. The molecule has 1 aliphatic rings. The van der Waals surface area contributed by atoms with E-state index in [-0.39, 0.29) is 12.1 Å². The number of nitrogens with one attached hydrogen (secondary N) is 1. The van der Waals surface area contributed by atoms with Crippen molar-refractivity contribution in [2.24, 2.45) is 4.99 Å². The molecule has 0 bridgehead atoms. The van der Waals surface area contributed by atoms with Gasteiger partial charge in [0.1, 0.15) is 11.6 Å². The summed E-state index contributed by atoms with van der Waals surface area (Å²) in [6.07, 6.45) is 4.11. The number of nitrogens with zero attached hydrogens (tertiary/aromatic N) is 3. The van der Waals surface area contributed by atoms with Crippen LogP contribution in [-0.4, -0.2) is 35.9 Å². The maximum atomic E-state index is 5.96. The summed E-state index contributed by atoms with van der Waals surface area (Å²) in [4.78, 5) is 13.6. The fraction of sp³-hybridized carbons (Fsp3) is 0.320. The molecule has 2 heterocycles. The number of fused-ring (bicyclic) bond motifs is 1. The van der Waals surface area contributed by atoms with Gasteiger partial charge in [-0.05, 0) is 56.5 Å². The number of ether oxygens (including phenoxy) is 2. The topological polar surface area (TPSA) is 68.6 Å². The molecular formula is C25H28N4O2. The normalized spacial score (nSPS) is 14.1. The molecule has 2 aromatic carbocycles. The Morgan fingerprint density at radius 3 is 2.58 bits per heavy atom. The average molecular weight is 417 g/mol. The van der Waals surface area contributed by atoms with Gasteiger partial charge in [-0.2, -0.15) is 0 Å². The van der Waals surface area contributed by atoms with Crippen molar-refractivity contribution in [3.63, 3.8) is 0 Å². The maximum absolute atomic E-state index is 5.96. The molecule has 0 unspecified atom stereocenters. The number of benzene rings is 2. The van der Waals surface area contributed by atoms with E-state index >= 15 is 0 Å². The molecule has 0 amide bonds. The number of methoxy groups -OCH3 is 1. The van der Waals surface area contributed by atoms with Gasteiger partial charge in [-0.25, -0.2) is 9.97 Å². The SMILES string of the molecule is COc1cc2nc(C)nc(N[C@H](C)c3cccc(C4=CCN=C4)c3)c2cc1OC(C)C. The van der Waals surface area contributed by atoms with E-state index in [1.165, 1.54) is 16.7 Å². The lowest BCUT2D eigenvalue weighted by atomic mass is 10.0. The standard InChI is InChI=1S/C25H28N4O2/c1-15(2)31-24-12-21-22(13-23(24)30-5)28-17(4)29-25(21)27-16(3)18-7-6-8-19(11-18)20-9-10-26-14-20/h6-9,11-16H,10H2,1-5H3,(H,27,28,29)/t16-/m1/s1. The largest absolute Gasteiger partial charge is 0.493 e. The number of allylic oxidation sites excluding steroid dienone is 1. The van der Waals surface area contributed by atoms with Crippen molar-refractivity contribution in [1.29, 1.82) is 0 Å². The quantitative estimate of drug-likeness (QED) is 0.560. The highest BCUT2D eigenvalue weighted by molar-refractivity contribution is 6.11. The number of aryl methyl sites for hydroxylation is 1. The van der Waals surface area contributed by atoms with Crippen LogP contribution in [0.3, 0.4) is 0 Å². The van der Waals surface area contributed by atoms with Crippen LogP contribution in [-0.2, 0) is 0 Å². The van der Waals surface area contributed by atoms with Crippen LogP contribution in [0.4, 0.5) is 5.82 Å². The van der Waals surface area contributed by atoms with Crippen LogP contribution in [0.1, 0.15) is 43.8 Å². The van der Waals surface area contributed by atoms with Crippen molar-refractivity contribution in [3.05, 3.63) is 59.4 Å². The van der Waals surface area contributed by atoms with Gasteiger partial charge in [0.05, 0.1) is 25.3 Å². The molecule has 4 rings (SSSR count). The molecular weight excluding hydrogens is 388 g/mol. The highest BCUT2D eigenvalue weighted by Gasteiger charge is 2.16. The first-order valence-electron chi connectivity index (χ1n) is 10.5. The Bertz CT molecular complexity index is 1170. The van der Waals surface area contributed by atoms with Crippen LogP contribution in [0.15, 0.2) is 47.5 Å². The molecule has 31 heavy (non-hydrogen) atoms. The van der Waals surface area contributed by atoms with Crippen molar-refractivity contribution >= 4 is 28.5 Å². The summed E-state index contributed by atoms with van der Waals surface area (Å²) in [5.41, 5.74) is 4.33. The third-order valence-electron chi connectivity index (χ3n) is 5.18. The minimum absolute atomic E-state index is 0.0317. The molecule has 0 saturated carbocycles. The molecule has 0 spiro atoms. The molecule has 1 aromatic heterocycles. The molecule has 1 atom stereocenters. The second kappa shape index (κ2) is 8.76. The Morgan fingerprint density at radius 2 is 1.87 bits per heavy atom. The van der Waals surface area contributed by atoms with E-state index in [2.05, 4.69) is 52.6 Å².